The summed E-state index contributed by atoms with van der Waals surface area (Å²) in [5.74, 6) is 5.23. The fourth-order valence-corrected chi connectivity index (χ4v) is 2.20. The van der Waals surface area contributed by atoms with Crippen molar-refractivity contribution in [3.8, 4) is 0 Å². The summed E-state index contributed by atoms with van der Waals surface area (Å²) in [5, 5.41) is 0. The minimum Gasteiger partial charge on any atom is -0.292 e. The van der Waals surface area contributed by atoms with Crippen molar-refractivity contribution in [1.29, 1.82) is 0 Å². The normalized spacial score (nSPS) is 11.1. The van der Waals surface area contributed by atoms with Crippen LogP contribution in [0.2, 0.25) is 0 Å². The molecular formula is C10H12N6O2S. The molecule has 0 aliphatic carbocycles. The molecule has 0 spiro atoms. The first-order valence-electron chi connectivity index (χ1n) is 5.25. The first kappa shape index (κ1) is 13.2. The summed E-state index contributed by atoms with van der Waals surface area (Å²) < 4.78 is 26.4. The number of rotatable bonds is 4. The maximum absolute atomic E-state index is 12.0. The Morgan fingerprint density at radius 2 is 1.79 bits per heavy atom. The van der Waals surface area contributed by atoms with Crippen LogP contribution in [0.25, 0.3) is 0 Å². The first-order chi connectivity index (χ1) is 9.01. The van der Waals surface area contributed by atoms with Gasteiger partial charge in [-0.25, -0.2) is 24.2 Å². The molecular weight excluding hydrogens is 268 g/mol. The number of nitrogens with one attached hydrogen (secondary N) is 2. The minimum atomic E-state index is -3.73. The zero-order chi connectivity index (χ0) is 13.9. The van der Waals surface area contributed by atoms with Gasteiger partial charge >= 0.3 is 0 Å². The lowest BCUT2D eigenvalue weighted by atomic mass is 10.4. The zero-order valence-electron chi connectivity index (χ0n) is 10.0. The average Bonchev–Trinajstić information content (AvgIpc) is 2.41. The first-order valence-corrected chi connectivity index (χ1v) is 6.74. The monoisotopic (exact) mass is 280 g/mol. The van der Waals surface area contributed by atoms with Gasteiger partial charge in [0.2, 0.25) is 5.95 Å². The average molecular weight is 280 g/mol. The van der Waals surface area contributed by atoms with Crippen LogP contribution in [-0.4, -0.2) is 23.4 Å². The number of hydrogen-bond donors (Lipinski definition) is 3. The van der Waals surface area contributed by atoms with Gasteiger partial charge in [-0.1, -0.05) is 0 Å². The molecule has 19 heavy (non-hydrogen) atoms. The molecule has 0 fully saturated rings. The number of aromatic nitrogens is 3. The van der Waals surface area contributed by atoms with Crippen molar-refractivity contribution in [3.63, 3.8) is 0 Å². The van der Waals surface area contributed by atoms with Crippen LogP contribution in [0.4, 0.5) is 11.6 Å². The molecule has 0 amide bonds. The number of nitrogens with zero attached hydrogens (tertiary/aromatic N) is 3. The van der Waals surface area contributed by atoms with E-state index in [-0.39, 0.29) is 10.8 Å². The van der Waals surface area contributed by atoms with E-state index in [9.17, 15) is 8.42 Å². The standard InChI is InChI=1S/C10H12N6O2S/c1-7-2-3-8(4-12-7)16-19(17,18)9-5-13-10(15-11)14-6-9/h2-6,16H,11H2,1H3,(H,13,14,15). The van der Waals surface area contributed by atoms with Gasteiger partial charge in [0.25, 0.3) is 10.0 Å². The highest BCUT2D eigenvalue weighted by Gasteiger charge is 2.15. The molecule has 9 heteroatoms. The van der Waals surface area contributed by atoms with E-state index >= 15 is 0 Å². The highest BCUT2D eigenvalue weighted by Crippen LogP contribution is 2.14. The third kappa shape index (κ3) is 3.14. The summed E-state index contributed by atoms with van der Waals surface area (Å²) in [5.41, 5.74) is 3.38. The Hall–Kier alpha value is -2.26. The summed E-state index contributed by atoms with van der Waals surface area (Å²) in [7, 11) is -3.73. The van der Waals surface area contributed by atoms with Crippen LogP contribution in [0.5, 0.6) is 0 Å². The van der Waals surface area contributed by atoms with E-state index in [1.54, 1.807) is 12.1 Å². The highest BCUT2D eigenvalue weighted by molar-refractivity contribution is 7.92. The molecule has 0 saturated carbocycles. The number of anilines is 2. The fourth-order valence-electron chi connectivity index (χ4n) is 1.27. The fraction of sp³-hybridized carbons (Fsp3) is 0.100. The second kappa shape index (κ2) is 5.16. The van der Waals surface area contributed by atoms with E-state index in [0.29, 0.717) is 5.69 Å². The van der Waals surface area contributed by atoms with Crippen LogP contribution in [0.15, 0.2) is 35.6 Å². The molecule has 2 aromatic rings. The quantitative estimate of drug-likeness (QED) is 0.542. The molecule has 0 aliphatic heterocycles. The predicted molar refractivity (Wildman–Crippen MR) is 69.6 cm³/mol. The Morgan fingerprint density at radius 1 is 1.11 bits per heavy atom. The maximum atomic E-state index is 12.0. The molecule has 0 bridgehead atoms. The molecule has 8 nitrogen and oxygen atoms in total. The van der Waals surface area contributed by atoms with Gasteiger partial charge in [-0.15, -0.1) is 0 Å². The van der Waals surface area contributed by atoms with Crippen LogP contribution in [-0.2, 0) is 10.0 Å². The lowest BCUT2D eigenvalue weighted by Crippen LogP contribution is -2.15. The summed E-state index contributed by atoms with van der Waals surface area (Å²) >= 11 is 0. The van der Waals surface area contributed by atoms with Crippen molar-refractivity contribution in [3.05, 3.63) is 36.4 Å². The van der Waals surface area contributed by atoms with Crippen LogP contribution in [0, 0.1) is 6.92 Å². The number of hydrazine groups is 1. The Labute approximate surface area is 110 Å². The van der Waals surface area contributed by atoms with Crippen LogP contribution < -0.4 is 16.0 Å². The van der Waals surface area contributed by atoms with E-state index in [1.807, 2.05) is 6.92 Å². The number of pyridine rings is 1. The molecule has 0 radical (unpaired) electrons. The number of hydrogen-bond acceptors (Lipinski definition) is 7. The van der Waals surface area contributed by atoms with Gasteiger partial charge in [-0.2, -0.15) is 0 Å². The molecule has 2 aromatic heterocycles. The van der Waals surface area contributed by atoms with E-state index in [4.69, 9.17) is 5.84 Å². The van der Waals surface area contributed by atoms with E-state index in [1.165, 1.54) is 6.20 Å². The largest absolute Gasteiger partial charge is 0.292 e. The van der Waals surface area contributed by atoms with Crippen LogP contribution in [0.1, 0.15) is 5.69 Å². The minimum absolute atomic E-state index is 0.0629. The van der Waals surface area contributed by atoms with Crippen molar-refractivity contribution < 1.29 is 8.42 Å². The van der Waals surface area contributed by atoms with Crippen molar-refractivity contribution in [2.45, 2.75) is 11.8 Å². The summed E-state index contributed by atoms with van der Waals surface area (Å²) in [4.78, 5) is 11.4. The summed E-state index contributed by atoms with van der Waals surface area (Å²) in [6.45, 7) is 1.81. The number of aryl methyl sites for hydroxylation is 1. The molecule has 0 saturated heterocycles. The van der Waals surface area contributed by atoms with Gasteiger partial charge in [-0.3, -0.25) is 15.1 Å². The molecule has 4 N–H and O–H groups in total. The van der Waals surface area contributed by atoms with Gasteiger partial charge in [-0.05, 0) is 19.1 Å². The third-order valence-corrected chi connectivity index (χ3v) is 3.57. The summed E-state index contributed by atoms with van der Waals surface area (Å²) in [6, 6.07) is 3.33. The summed E-state index contributed by atoms with van der Waals surface area (Å²) in [6.07, 6.45) is 3.75. The van der Waals surface area contributed by atoms with Gasteiger partial charge < -0.3 is 0 Å². The molecule has 0 unspecified atom stereocenters. The van der Waals surface area contributed by atoms with Gasteiger partial charge in [0.05, 0.1) is 24.3 Å². The Morgan fingerprint density at radius 3 is 2.32 bits per heavy atom. The maximum Gasteiger partial charge on any atom is 0.265 e. The Balaban J connectivity index is 2.24. The van der Waals surface area contributed by atoms with Gasteiger partial charge in [0, 0.05) is 5.69 Å². The molecule has 2 heterocycles. The topological polar surface area (TPSA) is 123 Å². The van der Waals surface area contributed by atoms with Crippen LogP contribution >= 0.6 is 0 Å². The van der Waals surface area contributed by atoms with Gasteiger partial charge in [0.1, 0.15) is 4.90 Å². The third-order valence-electron chi connectivity index (χ3n) is 2.23. The zero-order valence-corrected chi connectivity index (χ0v) is 10.8. The molecule has 100 valence electrons. The Kier molecular flexibility index (Phi) is 3.58. The van der Waals surface area contributed by atoms with Crippen molar-refractivity contribution in [2.24, 2.45) is 5.84 Å². The van der Waals surface area contributed by atoms with E-state index in [0.717, 1.165) is 18.1 Å². The van der Waals surface area contributed by atoms with Crippen molar-refractivity contribution >= 4 is 21.7 Å². The molecule has 0 atom stereocenters. The second-order valence-electron chi connectivity index (χ2n) is 3.68. The number of sulfonamides is 1. The second-order valence-corrected chi connectivity index (χ2v) is 5.36. The smallest absolute Gasteiger partial charge is 0.265 e. The lowest BCUT2D eigenvalue weighted by Gasteiger charge is -2.07. The highest BCUT2D eigenvalue weighted by atomic mass is 32.2. The van der Waals surface area contributed by atoms with Crippen molar-refractivity contribution in [1.82, 2.24) is 15.0 Å². The van der Waals surface area contributed by atoms with E-state index in [2.05, 4.69) is 25.1 Å². The van der Waals surface area contributed by atoms with Crippen LogP contribution in [0.3, 0.4) is 0 Å². The molecule has 0 aliphatic rings. The molecule has 0 aromatic carbocycles. The van der Waals surface area contributed by atoms with Gasteiger partial charge in [0.15, 0.2) is 0 Å². The molecule has 2 rings (SSSR count). The number of nitrogens with two attached hydrogens (primary N) is 1. The SMILES string of the molecule is Cc1ccc(NS(=O)(=O)c2cnc(NN)nc2)cn1. The van der Waals surface area contributed by atoms with Crippen molar-refractivity contribution in [2.75, 3.05) is 10.1 Å². The lowest BCUT2D eigenvalue weighted by molar-refractivity contribution is 0.600. The predicted octanol–water partition coefficient (Wildman–Crippen LogP) is 0.266. The van der Waals surface area contributed by atoms with E-state index < -0.39 is 10.0 Å². The number of nitrogen functional groups attached to an aromatic ring is 1. The Bertz CT molecular complexity index is 653.